The van der Waals surface area contributed by atoms with Crippen LogP contribution in [0.1, 0.15) is 25.3 Å². The van der Waals surface area contributed by atoms with Crippen LogP contribution in [0.3, 0.4) is 0 Å². The number of benzene rings is 2. The summed E-state index contributed by atoms with van der Waals surface area (Å²) < 4.78 is 19.1. The fourth-order valence-corrected chi connectivity index (χ4v) is 3.73. The molecule has 1 saturated heterocycles. The first-order valence-corrected chi connectivity index (χ1v) is 10.8. The summed E-state index contributed by atoms with van der Waals surface area (Å²) in [5, 5.41) is 17.0. The summed E-state index contributed by atoms with van der Waals surface area (Å²) in [4.78, 5) is 13.7. The van der Waals surface area contributed by atoms with Crippen LogP contribution in [0.4, 0.5) is 10.1 Å². The van der Waals surface area contributed by atoms with Crippen molar-refractivity contribution in [2.24, 2.45) is 0 Å². The number of nitrogens with one attached hydrogen (secondary N) is 2. The second-order valence-electron chi connectivity index (χ2n) is 7.87. The molecule has 0 aliphatic carbocycles. The zero-order chi connectivity index (χ0) is 22.2. The smallest absolute Gasteiger partial charge is 0.221 e. The molecule has 3 rings (SSSR count). The summed E-state index contributed by atoms with van der Waals surface area (Å²) >= 11 is 5.94. The fraction of sp³-hybridized carbons (Fsp3) is 0.435. The van der Waals surface area contributed by atoms with Crippen LogP contribution in [0.5, 0.6) is 5.75 Å². The fourth-order valence-electron chi connectivity index (χ4n) is 3.60. The number of rotatable bonds is 9. The summed E-state index contributed by atoms with van der Waals surface area (Å²) in [6, 6.07) is 12.2. The minimum absolute atomic E-state index is 0.00154. The Labute approximate surface area is 187 Å². The molecule has 1 atom stereocenters. The van der Waals surface area contributed by atoms with Gasteiger partial charge in [-0.2, -0.15) is 0 Å². The van der Waals surface area contributed by atoms with E-state index in [9.17, 15) is 14.3 Å². The average molecular weight is 450 g/mol. The van der Waals surface area contributed by atoms with Gasteiger partial charge in [-0.1, -0.05) is 23.7 Å². The first-order chi connectivity index (χ1) is 14.9. The molecule has 168 valence electrons. The van der Waals surface area contributed by atoms with E-state index in [1.807, 2.05) is 12.1 Å². The van der Waals surface area contributed by atoms with Gasteiger partial charge in [0, 0.05) is 37.1 Å². The van der Waals surface area contributed by atoms with Gasteiger partial charge in [-0.3, -0.25) is 9.69 Å². The van der Waals surface area contributed by atoms with Crippen LogP contribution in [0.2, 0.25) is 5.02 Å². The number of halogens is 2. The van der Waals surface area contributed by atoms with Gasteiger partial charge in [-0.15, -0.1) is 0 Å². The van der Waals surface area contributed by atoms with Crippen LogP contribution < -0.4 is 15.4 Å². The zero-order valence-electron chi connectivity index (χ0n) is 17.6. The molecular formula is C23H29ClFN3O3. The Balaban J connectivity index is 1.38. The molecule has 1 aliphatic heterocycles. The Morgan fingerprint density at radius 2 is 1.97 bits per heavy atom. The standard InChI is InChI=1S/C23H29ClFN3O3/c1-16(29)27-22-7-6-19(25)12-23(22)31-15-21(30)13-26-20-8-10-28(11-9-20)14-17-2-4-18(24)5-3-17/h2-7,12,20-21,26,30H,8-11,13-15H2,1H3,(H,27,29)/t21-/m1/s1. The van der Waals surface area contributed by atoms with Crippen molar-refractivity contribution in [3.63, 3.8) is 0 Å². The number of hydrogen-bond acceptors (Lipinski definition) is 5. The predicted octanol–water partition coefficient (Wildman–Crippen LogP) is 3.43. The first-order valence-electron chi connectivity index (χ1n) is 10.5. The molecule has 1 amide bonds. The van der Waals surface area contributed by atoms with Crippen molar-refractivity contribution in [3.05, 3.63) is 58.9 Å². The number of anilines is 1. The molecule has 0 unspecified atom stereocenters. The highest BCUT2D eigenvalue weighted by atomic mass is 35.5. The molecule has 1 fully saturated rings. The molecule has 0 bridgehead atoms. The topological polar surface area (TPSA) is 73.8 Å². The number of likely N-dealkylation sites (tertiary alicyclic amines) is 1. The average Bonchev–Trinajstić information content (AvgIpc) is 2.74. The molecule has 0 radical (unpaired) electrons. The normalized spacial score (nSPS) is 16.1. The summed E-state index contributed by atoms with van der Waals surface area (Å²) in [5.74, 6) is -0.548. The molecule has 2 aromatic rings. The number of amides is 1. The van der Waals surface area contributed by atoms with Crippen molar-refractivity contribution in [1.82, 2.24) is 10.2 Å². The van der Waals surface area contributed by atoms with Crippen LogP contribution in [-0.4, -0.2) is 54.3 Å². The summed E-state index contributed by atoms with van der Waals surface area (Å²) in [5.41, 5.74) is 1.63. The molecule has 8 heteroatoms. The van der Waals surface area contributed by atoms with E-state index in [2.05, 4.69) is 27.7 Å². The van der Waals surface area contributed by atoms with Crippen molar-refractivity contribution in [3.8, 4) is 5.75 Å². The number of aliphatic hydroxyl groups excluding tert-OH is 1. The van der Waals surface area contributed by atoms with Gasteiger partial charge < -0.3 is 20.5 Å². The van der Waals surface area contributed by atoms with Gasteiger partial charge in [-0.25, -0.2) is 4.39 Å². The molecule has 1 heterocycles. The Morgan fingerprint density at radius 1 is 1.26 bits per heavy atom. The Kier molecular flexibility index (Phi) is 8.66. The van der Waals surface area contributed by atoms with E-state index in [0.29, 0.717) is 18.3 Å². The number of ether oxygens (including phenoxy) is 1. The van der Waals surface area contributed by atoms with Crippen molar-refractivity contribution in [1.29, 1.82) is 0 Å². The highest BCUT2D eigenvalue weighted by Crippen LogP contribution is 2.25. The number of nitrogens with zero attached hydrogens (tertiary/aromatic N) is 1. The highest BCUT2D eigenvalue weighted by molar-refractivity contribution is 6.30. The lowest BCUT2D eigenvalue weighted by molar-refractivity contribution is -0.114. The van der Waals surface area contributed by atoms with E-state index in [-0.39, 0.29) is 18.3 Å². The van der Waals surface area contributed by atoms with Gasteiger partial charge in [0.1, 0.15) is 24.3 Å². The third-order valence-corrected chi connectivity index (χ3v) is 5.49. The molecule has 2 aromatic carbocycles. The number of carbonyl (C=O) groups excluding carboxylic acids is 1. The van der Waals surface area contributed by atoms with Crippen molar-refractivity contribution in [2.45, 2.75) is 38.5 Å². The van der Waals surface area contributed by atoms with Crippen LogP contribution in [0.25, 0.3) is 0 Å². The van der Waals surface area contributed by atoms with Gasteiger partial charge in [0.2, 0.25) is 5.91 Å². The number of carbonyl (C=O) groups is 1. The maximum Gasteiger partial charge on any atom is 0.221 e. The lowest BCUT2D eigenvalue weighted by Crippen LogP contribution is -2.45. The Morgan fingerprint density at radius 3 is 2.65 bits per heavy atom. The van der Waals surface area contributed by atoms with Crippen molar-refractivity contribution in [2.75, 3.05) is 31.6 Å². The molecule has 6 nitrogen and oxygen atoms in total. The van der Waals surface area contributed by atoms with Gasteiger partial charge in [0.15, 0.2) is 0 Å². The van der Waals surface area contributed by atoms with Crippen LogP contribution in [0, 0.1) is 5.82 Å². The maximum absolute atomic E-state index is 13.5. The molecular weight excluding hydrogens is 421 g/mol. The molecule has 3 N–H and O–H groups in total. The van der Waals surface area contributed by atoms with E-state index in [4.69, 9.17) is 16.3 Å². The first kappa shape index (κ1) is 23.5. The molecule has 1 aliphatic rings. The lowest BCUT2D eigenvalue weighted by Gasteiger charge is -2.33. The van der Waals surface area contributed by atoms with Crippen molar-refractivity contribution >= 4 is 23.2 Å². The number of hydrogen-bond donors (Lipinski definition) is 3. The molecule has 31 heavy (non-hydrogen) atoms. The minimum Gasteiger partial charge on any atom is -0.489 e. The number of aliphatic hydroxyl groups is 1. The van der Waals surface area contributed by atoms with E-state index >= 15 is 0 Å². The number of piperidine rings is 1. The second kappa shape index (κ2) is 11.4. The van der Waals surface area contributed by atoms with Gasteiger partial charge >= 0.3 is 0 Å². The highest BCUT2D eigenvalue weighted by Gasteiger charge is 2.20. The lowest BCUT2D eigenvalue weighted by atomic mass is 10.0. The molecule has 0 aromatic heterocycles. The van der Waals surface area contributed by atoms with Gasteiger partial charge in [0.05, 0.1) is 5.69 Å². The van der Waals surface area contributed by atoms with Crippen LogP contribution >= 0.6 is 11.6 Å². The summed E-state index contributed by atoms with van der Waals surface area (Å²) in [6.07, 6.45) is 1.25. The van der Waals surface area contributed by atoms with Crippen molar-refractivity contribution < 1.29 is 19.0 Å². The third-order valence-electron chi connectivity index (χ3n) is 5.23. The predicted molar refractivity (Wildman–Crippen MR) is 120 cm³/mol. The third kappa shape index (κ3) is 7.78. The van der Waals surface area contributed by atoms with E-state index in [1.54, 1.807) is 0 Å². The molecule has 0 spiro atoms. The van der Waals surface area contributed by atoms with E-state index < -0.39 is 11.9 Å². The quantitative estimate of drug-likeness (QED) is 0.547. The zero-order valence-corrected chi connectivity index (χ0v) is 18.4. The van der Waals surface area contributed by atoms with Gasteiger partial charge in [-0.05, 0) is 55.8 Å². The molecule has 0 saturated carbocycles. The van der Waals surface area contributed by atoms with Crippen LogP contribution in [-0.2, 0) is 11.3 Å². The second-order valence-corrected chi connectivity index (χ2v) is 8.31. The summed E-state index contributed by atoms with van der Waals surface area (Å²) in [7, 11) is 0. The minimum atomic E-state index is -0.749. The van der Waals surface area contributed by atoms with Crippen LogP contribution in [0.15, 0.2) is 42.5 Å². The monoisotopic (exact) mass is 449 g/mol. The van der Waals surface area contributed by atoms with E-state index in [0.717, 1.165) is 37.5 Å². The summed E-state index contributed by atoms with van der Waals surface area (Å²) in [6.45, 7) is 4.62. The SMILES string of the molecule is CC(=O)Nc1ccc(F)cc1OC[C@H](O)CNC1CCN(Cc2ccc(Cl)cc2)CC1. The Bertz CT molecular complexity index is 858. The maximum atomic E-state index is 13.5. The van der Waals surface area contributed by atoms with E-state index in [1.165, 1.54) is 30.7 Å². The Hall–Kier alpha value is -2.19. The van der Waals surface area contributed by atoms with Gasteiger partial charge in [0.25, 0.3) is 0 Å². The largest absolute Gasteiger partial charge is 0.489 e.